The van der Waals surface area contributed by atoms with Gasteiger partial charge in [0.05, 0.1) is 16.5 Å². The van der Waals surface area contributed by atoms with E-state index in [2.05, 4.69) is 5.48 Å². The summed E-state index contributed by atoms with van der Waals surface area (Å²) in [5, 5.41) is 0. The SMILES string of the molecule is CC(C)CONC(=O)c1cc(Cl)sc1Cl. The van der Waals surface area contributed by atoms with Crippen LogP contribution in [0.25, 0.3) is 0 Å². The van der Waals surface area contributed by atoms with E-state index in [1.807, 2.05) is 13.8 Å². The number of rotatable bonds is 4. The van der Waals surface area contributed by atoms with Crippen molar-refractivity contribution in [2.75, 3.05) is 6.61 Å². The Hall–Kier alpha value is -0.290. The Morgan fingerprint density at radius 2 is 2.27 bits per heavy atom. The Kier molecular flexibility index (Phi) is 4.86. The topological polar surface area (TPSA) is 38.3 Å². The molecule has 1 N–H and O–H groups in total. The molecule has 0 saturated carbocycles. The van der Waals surface area contributed by atoms with Crippen LogP contribution in [0.15, 0.2) is 6.07 Å². The molecule has 15 heavy (non-hydrogen) atoms. The number of amides is 1. The van der Waals surface area contributed by atoms with E-state index in [0.29, 0.717) is 26.8 Å². The van der Waals surface area contributed by atoms with Gasteiger partial charge in [0.1, 0.15) is 4.34 Å². The lowest BCUT2D eigenvalue weighted by molar-refractivity contribution is 0.0209. The van der Waals surface area contributed by atoms with Gasteiger partial charge in [0.15, 0.2) is 0 Å². The second-order valence-electron chi connectivity index (χ2n) is 3.37. The predicted molar refractivity (Wildman–Crippen MR) is 62.6 cm³/mol. The minimum absolute atomic E-state index is 0.343. The third kappa shape index (κ3) is 3.99. The van der Waals surface area contributed by atoms with E-state index in [1.165, 1.54) is 6.07 Å². The predicted octanol–water partition coefficient (Wildman–Crippen LogP) is 3.37. The van der Waals surface area contributed by atoms with Crippen molar-refractivity contribution in [1.29, 1.82) is 0 Å². The standard InChI is InChI=1S/C9H11Cl2NO2S/c1-5(2)4-14-12-9(13)6-3-7(10)15-8(6)11/h3,5H,4H2,1-2H3,(H,12,13). The molecular formula is C9H11Cl2NO2S. The van der Waals surface area contributed by atoms with Crippen LogP contribution in [-0.4, -0.2) is 12.5 Å². The number of carbonyl (C=O) groups excluding carboxylic acids is 1. The number of hydrogen-bond acceptors (Lipinski definition) is 3. The van der Waals surface area contributed by atoms with Crippen molar-refractivity contribution in [3.05, 3.63) is 20.3 Å². The van der Waals surface area contributed by atoms with Crippen LogP contribution in [0.3, 0.4) is 0 Å². The van der Waals surface area contributed by atoms with Crippen LogP contribution in [0, 0.1) is 5.92 Å². The van der Waals surface area contributed by atoms with Crippen LogP contribution in [0.1, 0.15) is 24.2 Å². The summed E-state index contributed by atoms with van der Waals surface area (Å²) in [4.78, 5) is 16.5. The van der Waals surface area contributed by atoms with Crippen LogP contribution in [0.5, 0.6) is 0 Å². The van der Waals surface area contributed by atoms with Gasteiger partial charge in [-0.15, -0.1) is 11.3 Å². The van der Waals surface area contributed by atoms with E-state index >= 15 is 0 Å². The number of nitrogens with one attached hydrogen (secondary N) is 1. The highest BCUT2D eigenvalue weighted by atomic mass is 35.5. The first-order valence-electron chi connectivity index (χ1n) is 4.37. The number of halogens is 2. The number of carbonyl (C=O) groups is 1. The van der Waals surface area contributed by atoms with Crippen molar-refractivity contribution in [3.63, 3.8) is 0 Å². The summed E-state index contributed by atoms with van der Waals surface area (Å²) in [6.07, 6.45) is 0. The Bertz CT molecular complexity index is 352. The van der Waals surface area contributed by atoms with E-state index in [-0.39, 0.29) is 5.91 Å². The normalized spacial score (nSPS) is 10.7. The van der Waals surface area contributed by atoms with Crippen molar-refractivity contribution in [2.24, 2.45) is 5.92 Å². The minimum atomic E-state index is -0.371. The maximum atomic E-state index is 11.5. The van der Waals surface area contributed by atoms with E-state index in [0.717, 1.165) is 11.3 Å². The molecular weight excluding hydrogens is 257 g/mol. The van der Waals surface area contributed by atoms with Crippen LogP contribution < -0.4 is 5.48 Å². The third-order valence-corrected chi connectivity index (χ3v) is 2.97. The fraction of sp³-hybridized carbons (Fsp3) is 0.444. The van der Waals surface area contributed by atoms with Crippen molar-refractivity contribution in [1.82, 2.24) is 5.48 Å². The average molecular weight is 268 g/mol. The molecule has 0 fully saturated rings. The van der Waals surface area contributed by atoms with Crippen LogP contribution in [0.2, 0.25) is 8.67 Å². The lowest BCUT2D eigenvalue weighted by atomic mass is 10.2. The Morgan fingerprint density at radius 3 is 2.73 bits per heavy atom. The zero-order chi connectivity index (χ0) is 11.4. The van der Waals surface area contributed by atoms with E-state index < -0.39 is 0 Å². The molecule has 0 bridgehead atoms. The van der Waals surface area contributed by atoms with Gasteiger partial charge in [-0.1, -0.05) is 37.0 Å². The van der Waals surface area contributed by atoms with Crippen LogP contribution >= 0.6 is 34.5 Å². The fourth-order valence-corrected chi connectivity index (χ4v) is 2.28. The molecule has 1 aromatic rings. The monoisotopic (exact) mass is 267 g/mol. The summed E-state index contributed by atoms with van der Waals surface area (Å²) in [6.45, 7) is 4.43. The number of hydroxylamine groups is 1. The first-order chi connectivity index (χ1) is 7.00. The fourth-order valence-electron chi connectivity index (χ4n) is 0.824. The van der Waals surface area contributed by atoms with Gasteiger partial charge in [0.2, 0.25) is 0 Å². The Balaban J connectivity index is 2.50. The second kappa shape index (κ2) is 5.70. The maximum Gasteiger partial charge on any atom is 0.277 e. The first kappa shape index (κ1) is 12.8. The van der Waals surface area contributed by atoms with Crippen molar-refractivity contribution >= 4 is 40.4 Å². The lowest BCUT2D eigenvalue weighted by Gasteiger charge is -2.06. The minimum Gasteiger partial charge on any atom is -0.273 e. The van der Waals surface area contributed by atoms with Gasteiger partial charge < -0.3 is 0 Å². The molecule has 0 spiro atoms. The van der Waals surface area contributed by atoms with Gasteiger partial charge in [0, 0.05) is 0 Å². The molecule has 0 saturated heterocycles. The molecule has 0 aliphatic heterocycles. The molecule has 1 rings (SSSR count). The highest BCUT2D eigenvalue weighted by Crippen LogP contribution is 2.30. The van der Waals surface area contributed by atoms with Crippen molar-refractivity contribution in [2.45, 2.75) is 13.8 Å². The smallest absolute Gasteiger partial charge is 0.273 e. The van der Waals surface area contributed by atoms with Gasteiger partial charge in [-0.2, -0.15) is 0 Å². The maximum absolute atomic E-state index is 11.5. The Labute approximate surface area is 102 Å². The highest BCUT2D eigenvalue weighted by Gasteiger charge is 2.14. The van der Waals surface area contributed by atoms with Gasteiger partial charge in [-0.25, -0.2) is 5.48 Å². The van der Waals surface area contributed by atoms with Crippen molar-refractivity contribution < 1.29 is 9.63 Å². The molecule has 3 nitrogen and oxygen atoms in total. The number of hydrogen-bond donors (Lipinski definition) is 1. The molecule has 6 heteroatoms. The summed E-state index contributed by atoms with van der Waals surface area (Å²) >= 11 is 12.7. The van der Waals surface area contributed by atoms with Crippen molar-refractivity contribution in [3.8, 4) is 0 Å². The molecule has 0 aliphatic carbocycles. The summed E-state index contributed by atoms with van der Waals surface area (Å²) in [5.41, 5.74) is 2.65. The zero-order valence-electron chi connectivity index (χ0n) is 8.34. The van der Waals surface area contributed by atoms with Crippen LogP contribution in [0.4, 0.5) is 0 Å². The molecule has 1 heterocycles. The van der Waals surface area contributed by atoms with Gasteiger partial charge in [0.25, 0.3) is 5.91 Å². The molecule has 84 valence electrons. The van der Waals surface area contributed by atoms with Gasteiger partial charge in [-0.05, 0) is 12.0 Å². The molecule has 1 aromatic heterocycles. The summed E-state index contributed by atoms with van der Waals surface area (Å²) in [5.74, 6) is -0.0179. The quantitative estimate of drug-likeness (QED) is 0.850. The van der Waals surface area contributed by atoms with Crippen LogP contribution in [-0.2, 0) is 4.84 Å². The molecule has 0 radical (unpaired) electrons. The Morgan fingerprint density at radius 1 is 1.60 bits per heavy atom. The largest absolute Gasteiger partial charge is 0.277 e. The summed E-state index contributed by atoms with van der Waals surface area (Å²) in [7, 11) is 0. The number of thiophene rings is 1. The van der Waals surface area contributed by atoms with E-state index in [4.69, 9.17) is 28.0 Å². The first-order valence-corrected chi connectivity index (χ1v) is 5.95. The molecule has 0 aromatic carbocycles. The van der Waals surface area contributed by atoms with Gasteiger partial charge in [-0.3, -0.25) is 9.63 Å². The zero-order valence-corrected chi connectivity index (χ0v) is 10.7. The summed E-state index contributed by atoms with van der Waals surface area (Å²) in [6, 6.07) is 1.52. The van der Waals surface area contributed by atoms with E-state index in [1.54, 1.807) is 0 Å². The molecule has 1 amide bonds. The lowest BCUT2D eigenvalue weighted by Crippen LogP contribution is -2.25. The van der Waals surface area contributed by atoms with E-state index in [9.17, 15) is 4.79 Å². The summed E-state index contributed by atoms with van der Waals surface area (Å²) < 4.78 is 0.847. The third-order valence-electron chi connectivity index (χ3n) is 1.48. The molecule has 0 aliphatic rings. The highest BCUT2D eigenvalue weighted by molar-refractivity contribution is 7.20. The second-order valence-corrected chi connectivity index (χ2v) is 5.66. The molecule has 0 unspecified atom stereocenters. The average Bonchev–Trinajstić information content (AvgIpc) is 2.44. The molecule has 0 atom stereocenters. The van der Waals surface area contributed by atoms with Gasteiger partial charge >= 0.3 is 0 Å².